The van der Waals surface area contributed by atoms with Crippen molar-refractivity contribution in [3.05, 3.63) is 40.3 Å². The molecule has 2 aromatic heterocycles. The van der Waals surface area contributed by atoms with Crippen LogP contribution in [0.1, 0.15) is 34.7 Å². The number of piperidine rings is 1. The molecule has 0 bridgehead atoms. The summed E-state index contributed by atoms with van der Waals surface area (Å²) < 4.78 is 5.72. The van der Waals surface area contributed by atoms with Gasteiger partial charge in [0.2, 0.25) is 0 Å². The van der Waals surface area contributed by atoms with Crippen LogP contribution in [0.15, 0.2) is 39.2 Å². The Balaban J connectivity index is 1.56. The molecule has 0 aliphatic carbocycles. The second-order valence-corrected chi connectivity index (χ2v) is 5.85. The third-order valence-corrected chi connectivity index (χ3v) is 4.25. The van der Waals surface area contributed by atoms with Gasteiger partial charge in [0.25, 0.3) is 5.91 Å². The summed E-state index contributed by atoms with van der Waals surface area (Å²) in [6.07, 6.45) is 5.24. The van der Waals surface area contributed by atoms with Gasteiger partial charge >= 0.3 is 0 Å². The minimum atomic E-state index is -0.205. The number of hydrogen-bond acceptors (Lipinski definition) is 5. The van der Waals surface area contributed by atoms with E-state index in [2.05, 4.69) is 15.4 Å². The van der Waals surface area contributed by atoms with Gasteiger partial charge in [-0.25, -0.2) is 5.43 Å². The Morgan fingerprint density at radius 2 is 2.14 bits per heavy atom. The highest BCUT2D eigenvalue weighted by Gasteiger charge is 2.13. The van der Waals surface area contributed by atoms with E-state index in [0.717, 1.165) is 19.0 Å². The van der Waals surface area contributed by atoms with Crippen LogP contribution in [0.4, 0.5) is 5.88 Å². The molecule has 0 unspecified atom stereocenters. The standard InChI is InChI=1S/C15H17N3O2S/c19-15(13-5-4-10-21-13)17-16-11-12-6-7-14(20-12)18-8-2-1-3-9-18/h4-7,10-11H,1-3,8-9H2,(H,17,19). The zero-order valence-corrected chi connectivity index (χ0v) is 12.4. The number of hydrogen-bond donors (Lipinski definition) is 1. The fraction of sp³-hybridized carbons (Fsp3) is 0.333. The Morgan fingerprint density at radius 1 is 1.29 bits per heavy atom. The van der Waals surface area contributed by atoms with Gasteiger partial charge in [-0.15, -0.1) is 11.3 Å². The molecule has 0 saturated carbocycles. The molecule has 5 nitrogen and oxygen atoms in total. The third-order valence-electron chi connectivity index (χ3n) is 3.38. The van der Waals surface area contributed by atoms with E-state index in [9.17, 15) is 4.79 Å². The molecule has 1 aliphatic heterocycles. The summed E-state index contributed by atoms with van der Waals surface area (Å²) in [7, 11) is 0. The molecule has 110 valence electrons. The number of nitrogens with one attached hydrogen (secondary N) is 1. The summed E-state index contributed by atoms with van der Waals surface area (Å²) in [5.41, 5.74) is 2.49. The van der Waals surface area contributed by atoms with Crippen LogP contribution in [0.5, 0.6) is 0 Å². The highest BCUT2D eigenvalue weighted by Crippen LogP contribution is 2.21. The van der Waals surface area contributed by atoms with Crippen molar-refractivity contribution in [3.8, 4) is 0 Å². The number of amides is 1. The van der Waals surface area contributed by atoms with Gasteiger partial charge in [-0.3, -0.25) is 4.79 Å². The van der Waals surface area contributed by atoms with Crippen LogP contribution in [-0.4, -0.2) is 25.2 Å². The van der Waals surface area contributed by atoms with Crippen molar-refractivity contribution in [2.45, 2.75) is 19.3 Å². The van der Waals surface area contributed by atoms with Gasteiger partial charge in [0.05, 0.1) is 11.1 Å². The molecule has 0 aromatic carbocycles. The average Bonchev–Trinajstić information content (AvgIpc) is 3.20. The van der Waals surface area contributed by atoms with Crippen molar-refractivity contribution in [2.75, 3.05) is 18.0 Å². The molecule has 2 aromatic rings. The average molecular weight is 303 g/mol. The Bertz CT molecular complexity index is 613. The molecule has 0 spiro atoms. The summed E-state index contributed by atoms with van der Waals surface area (Å²) in [4.78, 5) is 14.6. The van der Waals surface area contributed by atoms with Gasteiger partial charge in [0, 0.05) is 19.2 Å². The maximum absolute atomic E-state index is 11.7. The van der Waals surface area contributed by atoms with E-state index in [4.69, 9.17) is 4.42 Å². The van der Waals surface area contributed by atoms with E-state index in [1.54, 1.807) is 6.07 Å². The largest absolute Gasteiger partial charge is 0.440 e. The second-order valence-electron chi connectivity index (χ2n) is 4.90. The van der Waals surface area contributed by atoms with Crippen molar-refractivity contribution in [1.82, 2.24) is 5.43 Å². The van der Waals surface area contributed by atoms with Crippen molar-refractivity contribution in [2.24, 2.45) is 5.10 Å². The van der Waals surface area contributed by atoms with Crippen LogP contribution >= 0.6 is 11.3 Å². The quantitative estimate of drug-likeness (QED) is 0.697. The molecule has 1 saturated heterocycles. The first-order chi connectivity index (χ1) is 10.3. The lowest BCUT2D eigenvalue weighted by Gasteiger charge is -2.25. The normalized spacial score (nSPS) is 15.5. The van der Waals surface area contributed by atoms with Crippen molar-refractivity contribution >= 4 is 29.3 Å². The summed E-state index contributed by atoms with van der Waals surface area (Å²) >= 11 is 1.38. The molecule has 1 fully saturated rings. The van der Waals surface area contributed by atoms with E-state index in [-0.39, 0.29) is 5.91 Å². The molecular formula is C15H17N3O2S. The first kappa shape index (κ1) is 13.9. The number of rotatable bonds is 4. The van der Waals surface area contributed by atoms with E-state index in [1.165, 1.54) is 36.8 Å². The van der Waals surface area contributed by atoms with E-state index < -0.39 is 0 Å². The Kier molecular flexibility index (Phi) is 4.35. The second kappa shape index (κ2) is 6.58. The Labute approximate surface area is 127 Å². The maximum Gasteiger partial charge on any atom is 0.281 e. The van der Waals surface area contributed by atoms with Gasteiger partial charge < -0.3 is 9.32 Å². The molecule has 1 N–H and O–H groups in total. The summed E-state index contributed by atoms with van der Waals surface area (Å²) in [5.74, 6) is 1.31. The highest BCUT2D eigenvalue weighted by molar-refractivity contribution is 7.12. The van der Waals surface area contributed by atoms with Gasteiger partial charge in [-0.05, 0) is 36.8 Å². The van der Waals surface area contributed by atoms with E-state index in [1.807, 2.05) is 23.6 Å². The Hall–Kier alpha value is -2.08. The molecule has 1 amide bonds. The first-order valence-corrected chi connectivity index (χ1v) is 7.92. The predicted molar refractivity (Wildman–Crippen MR) is 84.2 cm³/mol. The molecule has 3 rings (SSSR count). The molecule has 6 heteroatoms. The number of nitrogens with zero attached hydrogens (tertiary/aromatic N) is 2. The fourth-order valence-corrected chi connectivity index (χ4v) is 2.93. The molecule has 1 aliphatic rings. The lowest BCUT2D eigenvalue weighted by atomic mass is 10.1. The number of anilines is 1. The van der Waals surface area contributed by atoms with Crippen LogP contribution in [0.3, 0.4) is 0 Å². The lowest BCUT2D eigenvalue weighted by molar-refractivity contribution is 0.0959. The summed E-state index contributed by atoms with van der Waals surface area (Å²) in [6.45, 7) is 2.08. The maximum atomic E-state index is 11.7. The third kappa shape index (κ3) is 3.52. The highest BCUT2D eigenvalue weighted by atomic mass is 32.1. The Morgan fingerprint density at radius 3 is 2.90 bits per heavy atom. The van der Waals surface area contributed by atoms with Gasteiger partial charge in [0.1, 0.15) is 5.76 Å². The lowest BCUT2D eigenvalue weighted by Crippen LogP contribution is -2.28. The summed E-state index contributed by atoms with van der Waals surface area (Å²) in [6, 6.07) is 7.41. The van der Waals surface area contributed by atoms with Crippen molar-refractivity contribution in [3.63, 3.8) is 0 Å². The number of carbonyl (C=O) groups excluding carboxylic acids is 1. The first-order valence-electron chi connectivity index (χ1n) is 7.04. The van der Waals surface area contributed by atoms with E-state index in [0.29, 0.717) is 10.6 Å². The number of thiophene rings is 1. The SMILES string of the molecule is O=C(NN=Cc1ccc(N2CCCCC2)o1)c1cccs1. The van der Waals surface area contributed by atoms with Gasteiger partial charge in [0.15, 0.2) is 5.88 Å². The molecule has 0 atom stereocenters. The fourth-order valence-electron chi connectivity index (χ4n) is 2.31. The molecule has 0 radical (unpaired) electrons. The zero-order chi connectivity index (χ0) is 14.5. The molecule has 21 heavy (non-hydrogen) atoms. The monoisotopic (exact) mass is 303 g/mol. The van der Waals surface area contributed by atoms with Crippen LogP contribution in [0.2, 0.25) is 0 Å². The van der Waals surface area contributed by atoms with Crippen molar-refractivity contribution in [1.29, 1.82) is 0 Å². The van der Waals surface area contributed by atoms with Crippen LogP contribution in [-0.2, 0) is 0 Å². The topological polar surface area (TPSA) is 57.8 Å². The number of furan rings is 1. The van der Waals surface area contributed by atoms with Crippen LogP contribution in [0.25, 0.3) is 0 Å². The molecular weight excluding hydrogens is 286 g/mol. The van der Waals surface area contributed by atoms with Crippen LogP contribution in [0, 0.1) is 0 Å². The predicted octanol–water partition coefficient (Wildman–Crippen LogP) is 3.10. The smallest absolute Gasteiger partial charge is 0.281 e. The summed E-state index contributed by atoms with van der Waals surface area (Å²) in [5, 5.41) is 5.78. The minimum absolute atomic E-state index is 0.205. The molecule has 3 heterocycles. The number of hydrazone groups is 1. The zero-order valence-electron chi connectivity index (χ0n) is 11.6. The van der Waals surface area contributed by atoms with E-state index >= 15 is 0 Å². The van der Waals surface area contributed by atoms with Gasteiger partial charge in [-0.1, -0.05) is 6.07 Å². The number of carbonyl (C=O) groups is 1. The minimum Gasteiger partial charge on any atom is -0.440 e. The van der Waals surface area contributed by atoms with Crippen LogP contribution < -0.4 is 10.3 Å². The van der Waals surface area contributed by atoms with Crippen molar-refractivity contribution < 1.29 is 9.21 Å². The van der Waals surface area contributed by atoms with Gasteiger partial charge in [-0.2, -0.15) is 5.10 Å².